The summed E-state index contributed by atoms with van der Waals surface area (Å²) in [5.74, 6) is 0.331. The molecule has 1 atom stereocenters. The first-order valence-electron chi connectivity index (χ1n) is 4.45. The van der Waals surface area contributed by atoms with Gasteiger partial charge in [0.1, 0.15) is 5.15 Å². The molecule has 0 aromatic carbocycles. The fourth-order valence-corrected chi connectivity index (χ4v) is 1.41. The van der Waals surface area contributed by atoms with Crippen LogP contribution < -0.4 is 5.32 Å². The molecule has 0 aliphatic carbocycles. The van der Waals surface area contributed by atoms with Crippen molar-refractivity contribution in [3.63, 3.8) is 0 Å². The van der Waals surface area contributed by atoms with Crippen molar-refractivity contribution in [2.24, 2.45) is 5.92 Å². The molecule has 0 aliphatic rings. The SMILES string of the molecule is CNC(=S)C(C)Cc1ccc(Cl)nc1. The molecular formula is C10H13ClN2S. The highest BCUT2D eigenvalue weighted by atomic mass is 35.5. The van der Waals surface area contributed by atoms with E-state index in [9.17, 15) is 0 Å². The predicted octanol–water partition coefficient (Wildman–Crippen LogP) is 2.46. The van der Waals surface area contributed by atoms with Gasteiger partial charge in [-0.1, -0.05) is 36.8 Å². The molecule has 0 saturated carbocycles. The maximum absolute atomic E-state index is 5.69. The smallest absolute Gasteiger partial charge is 0.129 e. The molecular weight excluding hydrogens is 216 g/mol. The summed E-state index contributed by atoms with van der Waals surface area (Å²) in [6.07, 6.45) is 2.68. The molecule has 0 bridgehead atoms. The van der Waals surface area contributed by atoms with Gasteiger partial charge < -0.3 is 5.32 Å². The number of pyridine rings is 1. The summed E-state index contributed by atoms with van der Waals surface area (Å²) in [4.78, 5) is 4.89. The zero-order valence-electron chi connectivity index (χ0n) is 8.25. The van der Waals surface area contributed by atoms with E-state index < -0.39 is 0 Å². The quantitative estimate of drug-likeness (QED) is 0.636. The summed E-state index contributed by atoms with van der Waals surface area (Å²) in [6.45, 7) is 2.09. The van der Waals surface area contributed by atoms with E-state index >= 15 is 0 Å². The molecule has 0 fully saturated rings. The van der Waals surface area contributed by atoms with Crippen molar-refractivity contribution in [2.45, 2.75) is 13.3 Å². The van der Waals surface area contributed by atoms with Crippen LogP contribution in [-0.2, 0) is 6.42 Å². The Labute approximate surface area is 94.7 Å². The van der Waals surface area contributed by atoms with Crippen LogP contribution in [0.5, 0.6) is 0 Å². The van der Waals surface area contributed by atoms with Crippen molar-refractivity contribution in [3.05, 3.63) is 29.0 Å². The van der Waals surface area contributed by atoms with Gasteiger partial charge in [-0.15, -0.1) is 0 Å². The van der Waals surface area contributed by atoms with Gasteiger partial charge in [0.05, 0.1) is 4.99 Å². The molecule has 14 heavy (non-hydrogen) atoms. The second-order valence-electron chi connectivity index (χ2n) is 3.21. The average Bonchev–Trinajstić information content (AvgIpc) is 2.20. The van der Waals surface area contributed by atoms with E-state index in [1.807, 2.05) is 13.1 Å². The van der Waals surface area contributed by atoms with E-state index in [0.717, 1.165) is 17.0 Å². The maximum atomic E-state index is 5.69. The van der Waals surface area contributed by atoms with Gasteiger partial charge in [-0.2, -0.15) is 0 Å². The number of aromatic nitrogens is 1. The predicted molar refractivity (Wildman–Crippen MR) is 63.8 cm³/mol. The minimum absolute atomic E-state index is 0.331. The van der Waals surface area contributed by atoms with E-state index in [1.165, 1.54) is 0 Å². The molecule has 0 radical (unpaired) electrons. The summed E-state index contributed by atoms with van der Waals surface area (Å²) in [5.41, 5.74) is 1.15. The van der Waals surface area contributed by atoms with Gasteiger partial charge in [-0.25, -0.2) is 4.98 Å². The molecule has 1 aromatic heterocycles. The summed E-state index contributed by atoms with van der Waals surface area (Å²) in [5, 5.41) is 3.51. The van der Waals surface area contributed by atoms with E-state index in [4.69, 9.17) is 23.8 Å². The Bertz CT molecular complexity index is 310. The van der Waals surface area contributed by atoms with Gasteiger partial charge in [0, 0.05) is 19.2 Å². The van der Waals surface area contributed by atoms with Crippen LogP contribution in [0, 0.1) is 5.92 Å². The first kappa shape index (κ1) is 11.4. The molecule has 1 N–H and O–H groups in total. The first-order chi connectivity index (χ1) is 6.63. The Morgan fingerprint density at radius 2 is 2.36 bits per heavy atom. The van der Waals surface area contributed by atoms with Gasteiger partial charge in [-0.3, -0.25) is 0 Å². The highest BCUT2D eigenvalue weighted by Crippen LogP contribution is 2.11. The lowest BCUT2D eigenvalue weighted by Crippen LogP contribution is -2.24. The van der Waals surface area contributed by atoms with Crippen LogP contribution in [0.25, 0.3) is 0 Å². The fourth-order valence-electron chi connectivity index (χ4n) is 1.22. The van der Waals surface area contributed by atoms with Crippen LogP contribution in [0.3, 0.4) is 0 Å². The zero-order valence-corrected chi connectivity index (χ0v) is 9.82. The van der Waals surface area contributed by atoms with Crippen LogP contribution in [-0.4, -0.2) is 17.0 Å². The summed E-state index contributed by atoms with van der Waals surface area (Å²) >= 11 is 10.8. The summed E-state index contributed by atoms with van der Waals surface area (Å²) < 4.78 is 0. The Balaban J connectivity index is 2.60. The minimum atomic E-state index is 0.331. The third-order valence-electron chi connectivity index (χ3n) is 2.02. The minimum Gasteiger partial charge on any atom is -0.383 e. The summed E-state index contributed by atoms with van der Waals surface area (Å²) in [7, 11) is 1.85. The van der Waals surface area contributed by atoms with Crippen molar-refractivity contribution in [2.75, 3.05) is 7.05 Å². The number of hydrogen-bond donors (Lipinski definition) is 1. The largest absolute Gasteiger partial charge is 0.383 e. The van der Waals surface area contributed by atoms with Crippen LogP contribution in [0.15, 0.2) is 18.3 Å². The number of thiocarbonyl (C=S) groups is 1. The van der Waals surface area contributed by atoms with Crippen LogP contribution in [0.4, 0.5) is 0 Å². The highest BCUT2D eigenvalue weighted by Gasteiger charge is 2.07. The number of nitrogens with zero attached hydrogens (tertiary/aromatic N) is 1. The van der Waals surface area contributed by atoms with Crippen molar-refractivity contribution in [3.8, 4) is 0 Å². The molecule has 76 valence electrons. The third kappa shape index (κ3) is 3.24. The molecule has 0 aliphatic heterocycles. The molecule has 1 heterocycles. The van der Waals surface area contributed by atoms with Gasteiger partial charge in [0.25, 0.3) is 0 Å². The monoisotopic (exact) mass is 228 g/mol. The standard InChI is InChI=1S/C10H13ClN2S/c1-7(10(14)12-2)5-8-3-4-9(11)13-6-8/h3-4,6-7H,5H2,1-2H3,(H,12,14). The van der Waals surface area contributed by atoms with Crippen LogP contribution >= 0.6 is 23.8 Å². The maximum Gasteiger partial charge on any atom is 0.129 e. The van der Waals surface area contributed by atoms with Gasteiger partial charge in [0.2, 0.25) is 0 Å². The number of hydrogen-bond acceptors (Lipinski definition) is 2. The summed E-state index contributed by atoms with van der Waals surface area (Å²) in [6, 6.07) is 3.77. The van der Waals surface area contributed by atoms with Crippen molar-refractivity contribution >= 4 is 28.8 Å². The van der Waals surface area contributed by atoms with Crippen LogP contribution in [0.2, 0.25) is 5.15 Å². The average molecular weight is 229 g/mol. The fraction of sp³-hybridized carbons (Fsp3) is 0.400. The Kier molecular flexibility index (Phi) is 4.29. The van der Waals surface area contributed by atoms with Crippen molar-refractivity contribution in [1.29, 1.82) is 0 Å². The van der Waals surface area contributed by atoms with Crippen LogP contribution in [0.1, 0.15) is 12.5 Å². The Morgan fingerprint density at radius 1 is 1.64 bits per heavy atom. The van der Waals surface area contributed by atoms with E-state index in [-0.39, 0.29) is 0 Å². The Hall–Kier alpha value is -0.670. The molecule has 0 amide bonds. The second kappa shape index (κ2) is 5.27. The lowest BCUT2D eigenvalue weighted by molar-refractivity contribution is 0.751. The normalized spacial score (nSPS) is 12.2. The number of halogens is 1. The molecule has 1 unspecified atom stereocenters. The van der Waals surface area contributed by atoms with E-state index in [2.05, 4.69) is 17.2 Å². The second-order valence-corrected chi connectivity index (χ2v) is 4.04. The molecule has 1 rings (SSSR count). The molecule has 0 spiro atoms. The lowest BCUT2D eigenvalue weighted by Gasteiger charge is -2.11. The first-order valence-corrected chi connectivity index (χ1v) is 5.24. The zero-order chi connectivity index (χ0) is 10.6. The number of nitrogens with one attached hydrogen (secondary N) is 1. The van der Waals surface area contributed by atoms with Crippen molar-refractivity contribution in [1.82, 2.24) is 10.3 Å². The van der Waals surface area contributed by atoms with E-state index in [0.29, 0.717) is 11.1 Å². The highest BCUT2D eigenvalue weighted by molar-refractivity contribution is 7.80. The van der Waals surface area contributed by atoms with Gasteiger partial charge in [-0.05, 0) is 18.1 Å². The topological polar surface area (TPSA) is 24.9 Å². The van der Waals surface area contributed by atoms with Gasteiger partial charge >= 0.3 is 0 Å². The molecule has 2 nitrogen and oxygen atoms in total. The lowest BCUT2D eigenvalue weighted by atomic mass is 10.0. The molecule has 0 saturated heterocycles. The third-order valence-corrected chi connectivity index (χ3v) is 2.85. The molecule has 4 heteroatoms. The number of rotatable bonds is 3. The van der Waals surface area contributed by atoms with Crippen molar-refractivity contribution < 1.29 is 0 Å². The van der Waals surface area contributed by atoms with E-state index in [1.54, 1.807) is 12.3 Å². The molecule has 1 aromatic rings. The Morgan fingerprint density at radius 3 is 2.86 bits per heavy atom. The van der Waals surface area contributed by atoms with Gasteiger partial charge in [0.15, 0.2) is 0 Å².